The molecule has 2 N–H and O–H groups in total. The highest BCUT2D eigenvalue weighted by Crippen LogP contribution is 2.46. The second-order valence-electron chi connectivity index (χ2n) is 8.86. The molecule has 8 nitrogen and oxygen atoms in total. The topological polar surface area (TPSA) is 94.6 Å². The van der Waals surface area contributed by atoms with Crippen LogP contribution in [0.3, 0.4) is 0 Å². The van der Waals surface area contributed by atoms with Crippen LogP contribution in [-0.2, 0) is 11.2 Å². The summed E-state index contributed by atoms with van der Waals surface area (Å²) in [7, 11) is 0. The Bertz CT molecular complexity index is 1360. The molecule has 1 saturated heterocycles. The number of hydrogen-bond donors (Lipinski definition) is 2. The van der Waals surface area contributed by atoms with Crippen molar-refractivity contribution in [3.63, 3.8) is 0 Å². The van der Waals surface area contributed by atoms with Crippen LogP contribution in [0.1, 0.15) is 40.6 Å². The predicted octanol–water partition coefficient (Wildman–Crippen LogP) is 4.76. The van der Waals surface area contributed by atoms with Crippen LogP contribution < -0.4 is 15.5 Å². The molecule has 3 aromatic rings. The first kappa shape index (κ1) is 23.0. The van der Waals surface area contributed by atoms with E-state index in [9.17, 15) is 14.4 Å². The van der Waals surface area contributed by atoms with Crippen LogP contribution in [0.25, 0.3) is 10.2 Å². The second kappa shape index (κ2) is 9.14. The average Bonchev–Trinajstić information content (AvgIpc) is 3.24. The third-order valence-corrected chi connectivity index (χ3v) is 7.70. The van der Waals surface area contributed by atoms with E-state index in [-0.39, 0.29) is 23.9 Å². The van der Waals surface area contributed by atoms with Gasteiger partial charge in [0.1, 0.15) is 9.71 Å². The summed E-state index contributed by atoms with van der Waals surface area (Å²) in [4.78, 5) is 47.6. The lowest BCUT2D eigenvalue weighted by molar-refractivity contribution is -0.127. The maximum atomic E-state index is 13.3. The zero-order valence-corrected chi connectivity index (χ0v) is 20.6. The number of urea groups is 1. The number of benzene rings is 1. The van der Waals surface area contributed by atoms with Crippen molar-refractivity contribution >= 4 is 56.5 Å². The highest BCUT2D eigenvalue weighted by Gasteiger charge is 2.34. The Hall–Kier alpha value is -3.72. The van der Waals surface area contributed by atoms with Gasteiger partial charge in [0, 0.05) is 25.3 Å². The van der Waals surface area contributed by atoms with Gasteiger partial charge < -0.3 is 15.5 Å². The minimum atomic E-state index is -0.315. The number of nitrogens with zero attached hydrogens (tertiary/aromatic N) is 3. The van der Waals surface area contributed by atoms with Gasteiger partial charge in [0.05, 0.1) is 22.4 Å². The summed E-state index contributed by atoms with van der Waals surface area (Å²) >= 11 is 1.26. The number of likely N-dealkylation sites (tertiary alicyclic amines) is 1. The van der Waals surface area contributed by atoms with Crippen LogP contribution >= 0.6 is 11.3 Å². The molecule has 1 fully saturated rings. The molecule has 1 unspecified atom stereocenters. The van der Waals surface area contributed by atoms with Gasteiger partial charge in [-0.25, -0.2) is 9.78 Å². The molecule has 35 heavy (non-hydrogen) atoms. The molecule has 0 bridgehead atoms. The molecule has 0 spiro atoms. The number of piperidine rings is 1. The molecule has 1 aromatic carbocycles. The van der Waals surface area contributed by atoms with Crippen molar-refractivity contribution in [2.45, 2.75) is 39.2 Å². The summed E-state index contributed by atoms with van der Waals surface area (Å²) in [5, 5.41) is 6.76. The van der Waals surface area contributed by atoms with E-state index < -0.39 is 0 Å². The summed E-state index contributed by atoms with van der Waals surface area (Å²) in [6.07, 6.45) is 5.47. The molecule has 5 rings (SSSR count). The van der Waals surface area contributed by atoms with Gasteiger partial charge in [0.2, 0.25) is 5.91 Å². The number of carbonyl (C=O) groups excluding carboxylic acids is 3. The number of aromatic nitrogens is 1. The highest BCUT2D eigenvalue weighted by atomic mass is 32.1. The van der Waals surface area contributed by atoms with E-state index in [1.54, 1.807) is 16.0 Å². The van der Waals surface area contributed by atoms with Crippen molar-refractivity contribution in [3.05, 3.63) is 59.1 Å². The van der Waals surface area contributed by atoms with Gasteiger partial charge in [-0.1, -0.05) is 25.6 Å². The fourth-order valence-corrected chi connectivity index (χ4v) is 5.87. The molecule has 2 aliphatic heterocycles. The van der Waals surface area contributed by atoms with Crippen LogP contribution in [0.4, 0.5) is 21.9 Å². The van der Waals surface area contributed by atoms with Crippen LogP contribution in [0.2, 0.25) is 0 Å². The molecular formula is C26H27N5O3S. The first-order valence-electron chi connectivity index (χ1n) is 11.8. The first-order chi connectivity index (χ1) is 16.9. The van der Waals surface area contributed by atoms with Gasteiger partial charge in [-0.05, 0) is 55.5 Å². The molecule has 9 heteroatoms. The molecule has 0 radical (unpaired) electrons. The average molecular weight is 490 g/mol. The number of thiophene rings is 1. The second-order valence-corrected chi connectivity index (χ2v) is 9.86. The lowest BCUT2D eigenvalue weighted by Gasteiger charge is -2.32. The van der Waals surface area contributed by atoms with Gasteiger partial charge in [0.15, 0.2) is 0 Å². The Morgan fingerprint density at radius 3 is 2.89 bits per heavy atom. The van der Waals surface area contributed by atoms with Crippen LogP contribution in [0, 0.1) is 6.92 Å². The van der Waals surface area contributed by atoms with E-state index in [0.717, 1.165) is 35.9 Å². The minimum absolute atomic E-state index is 0.135. The largest absolute Gasteiger partial charge is 0.347 e. The number of anilines is 3. The number of hydrogen-bond acceptors (Lipinski definition) is 5. The smallest absolute Gasteiger partial charge is 0.331 e. The van der Waals surface area contributed by atoms with Gasteiger partial charge in [0.25, 0.3) is 5.91 Å². The Morgan fingerprint density at radius 1 is 1.31 bits per heavy atom. The lowest BCUT2D eigenvalue weighted by Crippen LogP contribution is -2.49. The van der Waals surface area contributed by atoms with Crippen LogP contribution in [0.5, 0.6) is 0 Å². The number of amides is 4. The molecule has 2 aliphatic rings. The molecule has 1 atom stereocenters. The van der Waals surface area contributed by atoms with E-state index in [1.165, 1.54) is 23.0 Å². The van der Waals surface area contributed by atoms with E-state index >= 15 is 0 Å². The van der Waals surface area contributed by atoms with E-state index in [1.807, 2.05) is 25.1 Å². The monoisotopic (exact) mass is 489 g/mol. The first-order valence-corrected chi connectivity index (χ1v) is 12.6. The maximum Gasteiger partial charge on any atom is 0.331 e. The summed E-state index contributed by atoms with van der Waals surface area (Å²) < 4.78 is 0. The normalized spacial score (nSPS) is 17.3. The lowest BCUT2D eigenvalue weighted by atomic mass is 10.0. The molecule has 0 aliphatic carbocycles. The van der Waals surface area contributed by atoms with Crippen molar-refractivity contribution in [2.24, 2.45) is 0 Å². The molecule has 180 valence electrons. The van der Waals surface area contributed by atoms with Gasteiger partial charge in [-0.3, -0.25) is 14.5 Å². The van der Waals surface area contributed by atoms with E-state index in [2.05, 4.69) is 35.2 Å². The third-order valence-electron chi connectivity index (χ3n) is 6.61. The van der Waals surface area contributed by atoms with Crippen molar-refractivity contribution in [1.29, 1.82) is 0 Å². The number of rotatable bonds is 5. The van der Waals surface area contributed by atoms with E-state index in [0.29, 0.717) is 34.2 Å². The van der Waals surface area contributed by atoms with Gasteiger partial charge >= 0.3 is 6.03 Å². The zero-order chi connectivity index (χ0) is 24.7. The van der Waals surface area contributed by atoms with Crippen molar-refractivity contribution in [3.8, 4) is 0 Å². The van der Waals surface area contributed by atoms with Crippen molar-refractivity contribution in [2.75, 3.05) is 23.3 Å². The van der Waals surface area contributed by atoms with Gasteiger partial charge in [-0.15, -0.1) is 11.3 Å². The van der Waals surface area contributed by atoms with Crippen molar-refractivity contribution in [1.82, 2.24) is 15.2 Å². The molecule has 4 amide bonds. The molecule has 0 saturated carbocycles. The zero-order valence-electron chi connectivity index (χ0n) is 19.8. The van der Waals surface area contributed by atoms with E-state index in [4.69, 9.17) is 0 Å². The summed E-state index contributed by atoms with van der Waals surface area (Å²) in [6.45, 7) is 8.74. The number of aryl methyl sites for hydroxylation is 2. The molecular weight excluding hydrogens is 462 g/mol. The minimum Gasteiger partial charge on any atom is -0.347 e. The number of nitrogens with one attached hydrogen (secondary N) is 2. The summed E-state index contributed by atoms with van der Waals surface area (Å²) in [6, 6.07) is 7.41. The highest BCUT2D eigenvalue weighted by molar-refractivity contribution is 7.21. The molecule has 4 heterocycles. The Labute approximate surface area is 207 Å². The fraction of sp³-hybridized carbons (Fsp3) is 0.308. The third kappa shape index (κ3) is 4.05. The SMILES string of the molecule is C=CC(=O)N1CCCC(NC(=O)c2sc3nccc4c3c2NC(=O)N4c2ccc(CC)cc2C)C1. The standard InChI is InChI=1S/C26H27N5O3S/c1-4-16-8-9-18(15(3)13-16)31-19-10-11-27-25-21(19)22(29-26(31)34)23(35-25)24(33)28-17-7-6-12-30(14-17)20(32)5-2/h5,8-11,13,17H,2,4,6-7,12,14H2,1,3H3,(H,28,33)(H,29,34). The Balaban J connectivity index is 1.48. The predicted molar refractivity (Wildman–Crippen MR) is 139 cm³/mol. The van der Waals surface area contributed by atoms with Crippen LogP contribution in [-0.4, -0.2) is 46.9 Å². The Morgan fingerprint density at radius 2 is 2.14 bits per heavy atom. The number of carbonyl (C=O) groups is 3. The number of pyridine rings is 1. The summed E-state index contributed by atoms with van der Waals surface area (Å²) in [5.74, 6) is -0.409. The van der Waals surface area contributed by atoms with Crippen molar-refractivity contribution < 1.29 is 14.4 Å². The van der Waals surface area contributed by atoms with Gasteiger partial charge in [-0.2, -0.15) is 0 Å². The molecule has 2 aromatic heterocycles. The summed E-state index contributed by atoms with van der Waals surface area (Å²) in [5.41, 5.74) is 4.19. The van der Waals surface area contributed by atoms with Crippen LogP contribution in [0.15, 0.2) is 43.1 Å². The maximum absolute atomic E-state index is 13.3. The fourth-order valence-electron chi connectivity index (χ4n) is 4.85. The quantitative estimate of drug-likeness (QED) is 0.506. The Kier molecular flexibility index (Phi) is 6.02.